The van der Waals surface area contributed by atoms with Crippen molar-refractivity contribution in [1.29, 1.82) is 0 Å². The number of allylic oxidation sites excluding steroid dienone is 1. The van der Waals surface area contributed by atoms with Gasteiger partial charge in [0.1, 0.15) is 44.7 Å². The Morgan fingerprint density at radius 3 is 2.11 bits per heavy atom. The molecule has 0 saturated heterocycles. The van der Waals surface area contributed by atoms with E-state index in [0.29, 0.717) is 0 Å². The van der Waals surface area contributed by atoms with Crippen LogP contribution in [0.25, 0.3) is 0 Å². The average Bonchev–Trinajstić information content (AvgIpc) is 3.37. The molecule has 0 saturated carbocycles. The van der Waals surface area contributed by atoms with E-state index in [-0.39, 0.29) is 51.7 Å². The molecule has 0 bridgehead atoms. The predicted molar refractivity (Wildman–Crippen MR) is 91.1 cm³/mol. The highest BCUT2D eigenvalue weighted by atomic mass is 16.7. The van der Waals surface area contributed by atoms with E-state index in [1.54, 1.807) is 12.2 Å². The fourth-order valence-corrected chi connectivity index (χ4v) is 2.43. The quantitative estimate of drug-likeness (QED) is 0.205. The SMILES string of the molecule is O=C(OCC(O)COCOCC(O)COC(=O)C1C=COC1)C1C=CCC1. The number of carbonyl (C=O) groups is 2. The number of aliphatic hydroxyl groups is 2. The molecule has 152 valence electrons. The molecule has 0 amide bonds. The monoisotopic (exact) mass is 386 g/mol. The molecule has 1 aliphatic carbocycles. The fraction of sp³-hybridized carbons (Fsp3) is 0.667. The molecule has 9 heteroatoms. The van der Waals surface area contributed by atoms with Crippen LogP contribution in [0.3, 0.4) is 0 Å². The zero-order chi connectivity index (χ0) is 19.5. The van der Waals surface area contributed by atoms with Gasteiger partial charge >= 0.3 is 11.9 Å². The summed E-state index contributed by atoms with van der Waals surface area (Å²) in [5.74, 6) is -1.49. The Hall–Kier alpha value is -1.94. The summed E-state index contributed by atoms with van der Waals surface area (Å²) < 4.78 is 25.0. The molecule has 4 unspecified atom stereocenters. The second-order valence-electron chi connectivity index (χ2n) is 6.31. The van der Waals surface area contributed by atoms with Gasteiger partial charge in [0, 0.05) is 0 Å². The van der Waals surface area contributed by atoms with Crippen LogP contribution in [-0.2, 0) is 33.3 Å². The molecule has 1 heterocycles. The number of esters is 2. The van der Waals surface area contributed by atoms with E-state index in [1.165, 1.54) is 6.26 Å². The normalized spacial score (nSPS) is 23.0. The largest absolute Gasteiger partial charge is 0.500 e. The lowest BCUT2D eigenvalue weighted by atomic mass is 10.1. The molecule has 0 aromatic carbocycles. The van der Waals surface area contributed by atoms with Gasteiger partial charge in [-0.05, 0) is 18.9 Å². The van der Waals surface area contributed by atoms with Crippen LogP contribution in [0.15, 0.2) is 24.5 Å². The molecule has 1 aliphatic heterocycles. The third kappa shape index (κ3) is 8.08. The molecular formula is C18H26O9. The van der Waals surface area contributed by atoms with Crippen molar-refractivity contribution in [3.8, 4) is 0 Å². The zero-order valence-corrected chi connectivity index (χ0v) is 15.0. The van der Waals surface area contributed by atoms with Crippen LogP contribution < -0.4 is 0 Å². The Kier molecular flexibility index (Phi) is 9.26. The summed E-state index contributed by atoms with van der Waals surface area (Å²) in [4.78, 5) is 23.3. The lowest BCUT2D eigenvalue weighted by Crippen LogP contribution is -2.28. The highest BCUT2D eigenvalue weighted by Crippen LogP contribution is 2.18. The van der Waals surface area contributed by atoms with Gasteiger partial charge in [-0.1, -0.05) is 12.2 Å². The highest BCUT2D eigenvalue weighted by molar-refractivity contribution is 5.75. The molecule has 27 heavy (non-hydrogen) atoms. The van der Waals surface area contributed by atoms with Gasteiger partial charge in [-0.2, -0.15) is 0 Å². The van der Waals surface area contributed by atoms with Crippen molar-refractivity contribution in [3.05, 3.63) is 24.5 Å². The van der Waals surface area contributed by atoms with Crippen molar-refractivity contribution >= 4 is 11.9 Å². The molecule has 0 radical (unpaired) electrons. The van der Waals surface area contributed by atoms with Gasteiger partial charge in [0.25, 0.3) is 0 Å². The van der Waals surface area contributed by atoms with Crippen LogP contribution in [0, 0.1) is 11.8 Å². The Bertz CT molecular complexity index is 485. The Labute approximate surface area is 157 Å². The van der Waals surface area contributed by atoms with Crippen LogP contribution in [0.5, 0.6) is 0 Å². The minimum atomic E-state index is -0.991. The van der Waals surface area contributed by atoms with Gasteiger partial charge < -0.3 is 33.9 Å². The van der Waals surface area contributed by atoms with E-state index in [0.717, 1.165) is 12.8 Å². The van der Waals surface area contributed by atoms with Gasteiger partial charge in [-0.3, -0.25) is 9.59 Å². The van der Waals surface area contributed by atoms with Crippen LogP contribution in [0.2, 0.25) is 0 Å². The molecule has 2 aliphatic rings. The molecule has 0 spiro atoms. The molecule has 9 nitrogen and oxygen atoms in total. The van der Waals surface area contributed by atoms with Gasteiger partial charge in [0.05, 0.1) is 25.4 Å². The molecular weight excluding hydrogens is 360 g/mol. The molecule has 0 aromatic heterocycles. The standard InChI is InChI=1S/C18H26O9/c19-15(10-26-17(21)13-3-1-2-4-13)8-24-12-25-9-16(20)11-27-18(22)14-5-6-23-7-14/h1,3,5-6,13-16,19-20H,2,4,7-12H2. The Morgan fingerprint density at radius 1 is 0.963 bits per heavy atom. The maximum absolute atomic E-state index is 11.7. The lowest BCUT2D eigenvalue weighted by molar-refractivity contribution is -0.155. The number of ether oxygens (including phenoxy) is 5. The third-order valence-electron chi connectivity index (χ3n) is 3.92. The van der Waals surface area contributed by atoms with E-state index in [1.807, 2.05) is 6.08 Å². The van der Waals surface area contributed by atoms with Crippen LogP contribution in [0.4, 0.5) is 0 Å². The van der Waals surface area contributed by atoms with Gasteiger partial charge in [-0.15, -0.1) is 0 Å². The van der Waals surface area contributed by atoms with Crippen molar-refractivity contribution in [2.75, 3.05) is 39.8 Å². The number of rotatable bonds is 12. The topological polar surface area (TPSA) is 121 Å². The van der Waals surface area contributed by atoms with E-state index in [9.17, 15) is 19.8 Å². The smallest absolute Gasteiger partial charge is 0.316 e. The van der Waals surface area contributed by atoms with Crippen LogP contribution >= 0.6 is 0 Å². The Morgan fingerprint density at radius 2 is 1.59 bits per heavy atom. The first-order valence-electron chi connectivity index (χ1n) is 8.86. The number of hydrogen-bond acceptors (Lipinski definition) is 9. The van der Waals surface area contributed by atoms with Crippen molar-refractivity contribution in [2.45, 2.75) is 25.0 Å². The predicted octanol–water partition coefficient (Wildman–Crippen LogP) is -0.0884. The summed E-state index contributed by atoms with van der Waals surface area (Å²) >= 11 is 0. The van der Waals surface area contributed by atoms with E-state index < -0.39 is 24.1 Å². The number of carbonyl (C=O) groups excluding carboxylic acids is 2. The summed E-state index contributed by atoms with van der Waals surface area (Å²) in [5, 5.41) is 19.4. The second kappa shape index (κ2) is 11.7. The summed E-state index contributed by atoms with van der Waals surface area (Å²) in [5.41, 5.74) is 0. The summed E-state index contributed by atoms with van der Waals surface area (Å²) in [6, 6.07) is 0. The van der Waals surface area contributed by atoms with Gasteiger partial charge in [0.15, 0.2) is 0 Å². The molecule has 0 aromatic rings. The van der Waals surface area contributed by atoms with E-state index >= 15 is 0 Å². The average molecular weight is 386 g/mol. The first-order chi connectivity index (χ1) is 13.1. The number of aliphatic hydroxyl groups excluding tert-OH is 2. The molecule has 4 atom stereocenters. The summed E-state index contributed by atoms with van der Waals surface area (Å²) in [6.45, 7) is -0.441. The maximum Gasteiger partial charge on any atom is 0.316 e. The summed E-state index contributed by atoms with van der Waals surface area (Å²) in [7, 11) is 0. The third-order valence-corrected chi connectivity index (χ3v) is 3.92. The first kappa shape index (κ1) is 21.4. The molecule has 2 N–H and O–H groups in total. The maximum atomic E-state index is 11.7. The van der Waals surface area contributed by atoms with Crippen molar-refractivity contribution in [1.82, 2.24) is 0 Å². The lowest BCUT2D eigenvalue weighted by Gasteiger charge is -2.15. The fourth-order valence-electron chi connectivity index (χ4n) is 2.43. The zero-order valence-electron chi connectivity index (χ0n) is 15.0. The van der Waals surface area contributed by atoms with Gasteiger partial charge in [0.2, 0.25) is 0 Å². The summed E-state index contributed by atoms with van der Waals surface area (Å²) in [6.07, 6.45) is 6.40. The van der Waals surface area contributed by atoms with E-state index in [4.69, 9.17) is 23.7 Å². The van der Waals surface area contributed by atoms with E-state index in [2.05, 4.69) is 0 Å². The van der Waals surface area contributed by atoms with Crippen molar-refractivity contribution in [3.63, 3.8) is 0 Å². The minimum Gasteiger partial charge on any atom is -0.500 e. The minimum absolute atomic E-state index is 0.0765. The highest BCUT2D eigenvalue weighted by Gasteiger charge is 2.22. The van der Waals surface area contributed by atoms with Crippen molar-refractivity contribution < 1.29 is 43.5 Å². The van der Waals surface area contributed by atoms with Crippen molar-refractivity contribution in [2.24, 2.45) is 11.8 Å². The Balaban J connectivity index is 1.43. The van der Waals surface area contributed by atoms with Crippen LogP contribution in [-0.4, -0.2) is 74.2 Å². The van der Waals surface area contributed by atoms with Gasteiger partial charge in [-0.25, -0.2) is 0 Å². The van der Waals surface area contributed by atoms with Crippen LogP contribution in [0.1, 0.15) is 12.8 Å². The molecule has 2 rings (SSSR count). The molecule has 0 fully saturated rings. The second-order valence-corrected chi connectivity index (χ2v) is 6.31. The first-order valence-corrected chi connectivity index (χ1v) is 8.86. The number of hydrogen-bond donors (Lipinski definition) is 2.